The predicted molar refractivity (Wildman–Crippen MR) is 209 cm³/mol. The van der Waals surface area contributed by atoms with Crippen LogP contribution in [0.25, 0.3) is 0 Å². The molecule has 0 spiro atoms. The van der Waals surface area contributed by atoms with Gasteiger partial charge in [0, 0.05) is 46.0 Å². The Morgan fingerprint density at radius 2 is 1.50 bits per heavy atom. The van der Waals surface area contributed by atoms with Crippen molar-refractivity contribution in [2.24, 2.45) is 11.8 Å². The lowest BCUT2D eigenvalue weighted by molar-refractivity contribution is -0.369. The molecule has 3 N–H and O–H groups in total. The molecule has 9 nitrogen and oxygen atoms in total. The Hall–Kier alpha value is 0.544. The van der Waals surface area contributed by atoms with Crippen molar-refractivity contribution >= 4 is 39.2 Å². The van der Waals surface area contributed by atoms with Gasteiger partial charge in [0.2, 0.25) is 5.79 Å². The molecular formula is C36H73IO9Si2. The summed E-state index contributed by atoms with van der Waals surface area (Å²) in [6.07, 6.45) is 0.112. The quantitative estimate of drug-likeness (QED) is 0.0681. The number of halogens is 1. The van der Waals surface area contributed by atoms with Crippen LogP contribution in [-0.4, -0.2) is 108 Å². The lowest BCUT2D eigenvalue weighted by Crippen LogP contribution is -2.68. The van der Waals surface area contributed by atoms with Crippen LogP contribution in [-0.2, 0) is 27.8 Å². The second-order valence-electron chi connectivity index (χ2n) is 17.1. The highest BCUT2D eigenvalue weighted by Gasteiger charge is 2.59. The SMILES string of the molecule is COC[C@H](O)C[C@H]1O[C@@](OC)([C@H](O)[C@@H](O)C[C@@H](OC)[C@H](CCC/C=C(\C)I)O[Si](C)(C)C(C)(C)C)[C@H](C)[C@@H](O[Si](C)(C)C(C)(C)C)[C@H]1C. The minimum absolute atomic E-state index is 0.00983. The van der Waals surface area contributed by atoms with Crippen LogP contribution < -0.4 is 0 Å². The summed E-state index contributed by atoms with van der Waals surface area (Å²) in [5.41, 5.74) is 0. The molecule has 1 fully saturated rings. The molecular weight excluding hydrogens is 759 g/mol. The van der Waals surface area contributed by atoms with Gasteiger partial charge in [-0.05, 0) is 88.6 Å². The Morgan fingerprint density at radius 1 is 0.938 bits per heavy atom. The van der Waals surface area contributed by atoms with Crippen LogP contribution >= 0.6 is 22.6 Å². The molecule has 0 aromatic rings. The molecule has 0 aliphatic carbocycles. The molecule has 0 radical (unpaired) electrons. The van der Waals surface area contributed by atoms with Crippen molar-refractivity contribution in [3.05, 3.63) is 9.66 Å². The molecule has 0 amide bonds. The standard InChI is InChI=1S/C36H73IO9Si2/c1-24(37)19-17-18-20-29(45-47(13,14)34(4,5)6)31(42-11)22-28(39)33(40)36(43-12)26(3)32(46-48(15,16)35(7,8)9)25(2)30(44-36)21-27(38)23-41-10/h19,25-33,38-40H,17-18,20-23H2,1-16H3/b24-19+/t25-,26+,27+,28-,29-,30+,31+,32-,33+,36+/m0/s1. The normalized spacial score (nSPS) is 28.2. The van der Waals surface area contributed by atoms with E-state index in [1.807, 2.05) is 6.92 Å². The topological polar surface area (TPSA) is 116 Å². The van der Waals surface area contributed by atoms with Gasteiger partial charge in [-0.25, -0.2) is 0 Å². The van der Waals surface area contributed by atoms with Crippen LogP contribution in [0.3, 0.4) is 0 Å². The first kappa shape index (κ1) is 46.6. The molecule has 0 bridgehead atoms. The Labute approximate surface area is 309 Å². The Kier molecular flexibility index (Phi) is 18.5. The second kappa shape index (κ2) is 19.0. The largest absolute Gasteiger partial charge is 0.413 e. The van der Waals surface area contributed by atoms with Crippen LogP contribution in [0, 0.1) is 11.8 Å². The number of ether oxygens (including phenoxy) is 4. The smallest absolute Gasteiger partial charge is 0.202 e. The first-order valence-electron chi connectivity index (χ1n) is 17.8. The van der Waals surface area contributed by atoms with E-state index in [9.17, 15) is 15.3 Å². The highest BCUT2D eigenvalue weighted by atomic mass is 127. The van der Waals surface area contributed by atoms with Crippen molar-refractivity contribution in [2.75, 3.05) is 27.9 Å². The molecule has 1 aliphatic heterocycles. The van der Waals surface area contributed by atoms with Crippen molar-refractivity contribution in [3.63, 3.8) is 0 Å². The molecule has 1 rings (SSSR count). The summed E-state index contributed by atoms with van der Waals surface area (Å²) in [6.45, 7) is 28.4. The van der Waals surface area contributed by atoms with Gasteiger partial charge in [-0.1, -0.05) is 61.5 Å². The average molecular weight is 833 g/mol. The highest BCUT2D eigenvalue weighted by molar-refractivity contribution is 14.1. The third-order valence-corrected chi connectivity index (χ3v) is 20.7. The highest BCUT2D eigenvalue weighted by Crippen LogP contribution is 2.48. The maximum absolute atomic E-state index is 12.1. The Morgan fingerprint density at radius 3 is 1.96 bits per heavy atom. The lowest BCUT2D eigenvalue weighted by atomic mass is 9.76. The van der Waals surface area contributed by atoms with E-state index in [1.54, 1.807) is 14.2 Å². The van der Waals surface area contributed by atoms with Crippen molar-refractivity contribution in [1.29, 1.82) is 0 Å². The van der Waals surface area contributed by atoms with Crippen molar-refractivity contribution in [2.45, 2.75) is 179 Å². The number of hydrogen-bond acceptors (Lipinski definition) is 9. The maximum Gasteiger partial charge on any atom is 0.202 e. The molecule has 0 saturated carbocycles. The van der Waals surface area contributed by atoms with Crippen LogP contribution in [0.4, 0.5) is 0 Å². The van der Waals surface area contributed by atoms with Gasteiger partial charge in [0.25, 0.3) is 0 Å². The van der Waals surface area contributed by atoms with E-state index < -0.39 is 58.9 Å². The number of aliphatic hydroxyl groups is 3. The summed E-state index contributed by atoms with van der Waals surface area (Å²) in [4.78, 5) is 0. The van der Waals surface area contributed by atoms with E-state index in [-0.39, 0.29) is 47.7 Å². The third-order valence-electron chi connectivity index (χ3n) is 11.3. The number of aliphatic hydroxyl groups excluding tert-OH is 3. The average Bonchev–Trinajstić information content (AvgIpc) is 2.95. The fraction of sp³-hybridized carbons (Fsp3) is 0.944. The summed E-state index contributed by atoms with van der Waals surface area (Å²) in [5.74, 6) is -2.18. The Balaban J connectivity index is 3.53. The van der Waals surface area contributed by atoms with Crippen LogP contribution in [0.1, 0.15) is 94.4 Å². The van der Waals surface area contributed by atoms with E-state index in [4.69, 9.17) is 27.8 Å². The van der Waals surface area contributed by atoms with Crippen molar-refractivity contribution < 1.29 is 43.1 Å². The van der Waals surface area contributed by atoms with Gasteiger partial charge < -0.3 is 43.1 Å². The summed E-state index contributed by atoms with van der Waals surface area (Å²) < 4.78 is 39.4. The zero-order valence-electron chi connectivity index (χ0n) is 33.2. The molecule has 0 aromatic carbocycles. The first-order valence-corrected chi connectivity index (χ1v) is 24.7. The van der Waals surface area contributed by atoms with Crippen molar-refractivity contribution in [1.82, 2.24) is 0 Å². The van der Waals surface area contributed by atoms with E-state index in [1.165, 1.54) is 10.7 Å². The first-order chi connectivity index (χ1) is 21.8. The van der Waals surface area contributed by atoms with Crippen molar-refractivity contribution in [3.8, 4) is 0 Å². The van der Waals surface area contributed by atoms with E-state index in [0.717, 1.165) is 19.3 Å². The van der Waals surface area contributed by atoms with Crippen LogP contribution in [0.5, 0.6) is 0 Å². The lowest BCUT2D eigenvalue weighted by Gasteiger charge is -2.56. The zero-order chi connectivity index (χ0) is 37.5. The van der Waals surface area contributed by atoms with Gasteiger partial charge in [0.15, 0.2) is 16.6 Å². The van der Waals surface area contributed by atoms with Crippen LogP contribution in [0.2, 0.25) is 36.3 Å². The summed E-state index contributed by atoms with van der Waals surface area (Å²) in [7, 11) is 0.220. The van der Waals surface area contributed by atoms with Gasteiger partial charge in [-0.15, -0.1) is 0 Å². The fourth-order valence-corrected chi connectivity index (χ4v) is 9.23. The van der Waals surface area contributed by atoms with Gasteiger partial charge in [0.05, 0.1) is 43.2 Å². The molecule has 1 aliphatic rings. The predicted octanol–water partition coefficient (Wildman–Crippen LogP) is 7.81. The maximum atomic E-state index is 12.1. The molecule has 1 saturated heterocycles. The Bertz CT molecular complexity index is 979. The third kappa shape index (κ3) is 12.3. The molecule has 0 aromatic heterocycles. The number of hydrogen-bond donors (Lipinski definition) is 3. The van der Waals surface area contributed by atoms with E-state index in [2.05, 4.69) is 110 Å². The summed E-state index contributed by atoms with van der Waals surface area (Å²) >= 11 is 2.33. The minimum Gasteiger partial charge on any atom is -0.413 e. The molecule has 12 heteroatoms. The molecule has 0 unspecified atom stereocenters. The number of allylic oxidation sites excluding steroid dienone is 2. The molecule has 48 heavy (non-hydrogen) atoms. The van der Waals surface area contributed by atoms with E-state index in [0.29, 0.717) is 0 Å². The summed E-state index contributed by atoms with van der Waals surface area (Å²) in [6, 6.07) is 0. The van der Waals surface area contributed by atoms with Gasteiger partial charge in [0.1, 0.15) is 6.10 Å². The number of unbranched alkanes of at least 4 members (excludes halogenated alkanes) is 1. The molecule has 286 valence electrons. The fourth-order valence-electron chi connectivity index (χ4n) is 6.09. The number of methoxy groups -OCH3 is 3. The molecule has 1 heterocycles. The van der Waals surface area contributed by atoms with Crippen LogP contribution in [0.15, 0.2) is 9.66 Å². The second-order valence-corrected chi connectivity index (χ2v) is 28.3. The van der Waals surface area contributed by atoms with Gasteiger partial charge in [-0.3, -0.25) is 0 Å². The van der Waals surface area contributed by atoms with E-state index >= 15 is 0 Å². The van der Waals surface area contributed by atoms with Gasteiger partial charge >= 0.3 is 0 Å². The van der Waals surface area contributed by atoms with Gasteiger partial charge in [-0.2, -0.15) is 0 Å². The molecule has 10 atom stereocenters. The summed E-state index contributed by atoms with van der Waals surface area (Å²) in [5, 5.41) is 34.7. The minimum atomic E-state index is -2.29. The zero-order valence-corrected chi connectivity index (χ0v) is 37.3. The number of rotatable bonds is 19. The monoisotopic (exact) mass is 832 g/mol.